The number of hydrogen-bond acceptors (Lipinski definition) is 8. The molecule has 0 aromatic rings. The molecule has 552 valence electrons. The summed E-state index contributed by atoms with van der Waals surface area (Å²) in [5, 5.41) is 11.9. The molecule has 0 amide bonds. The van der Waals surface area contributed by atoms with Gasteiger partial charge in [-0.25, -0.2) is 0 Å². The topological polar surface area (TPSA) is 111 Å². The van der Waals surface area contributed by atoms with Crippen molar-refractivity contribution in [3.05, 3.63) is 12.2 Å². The second kappa shape index (κ2) is 75.8. The van der Waals surface area contributed by atoms with Crippen molar-refractivity contribution in [2.45, 2.75) is 463 Å². The predicted molar refractivity (Wildman–Crippen MR) is 399 cm³/mol. The van der Waals surface area contributed by atoms with Gasteiger partial charge >= 0.3 is 11.9 Å². The molecule has 0 N–H and O–H groups in total. The molecule has 0 radical (unpaired) electrons. The number of likely N-dealkylation sites (N-methyl/N-ethyl adjacent to an activating group) is 1. The van der Waals surface area contributed by atoms with Gasteiger partial charge in [0.1, 0.15) is 13.2 Å². The third-order valence-electron chi connectivity index (χ3n) is 19.5. The third kappa shape index (κ3) is 77.3. The van der Waals surface area contributed by atoms with Gasteiger partial charge in [0.05, 0.1) is 40.3 Å². The molecule has 93 heavy (non-hydrogen) atoms. The van der Waals surface area contributed by atoms with Crippen LogP contribution in [0.5, 0.6) is 0 Å². The molecule has 0 aromatic heterocycles. The largest absolute Gasteiger partial charge is 0.545 e. The lowest BCUT2D eigenvalue weighted by atomic mass is 10.0. The van der Waals surface area contributed by atoms with E-state index in [1.54, 1.807) is 0 Å². The first-order chi connectivity index (χ1) is 45.6. The van der Waals surface area contributed by atoms with Gasteiger partial charge in [-0.15, -0.1) is 0 Å². The fourth-order valence-corrected chi connectivity index (χ4v) is 13.1. The van der Waals surface area contributed by atoms with Crippen molar-refractivity contribution in [3.8, 4) is 0 Å². The highest BCUT2D eigenvalue weighted by atomic mass is 16.7. The lowest BCUT2D eigenvalue weighted by molar-refractivity contribution is -0.870. The minimum Gasteiger partial charge on any atom is -0.545 e. The fourth-order valence-electron chi connectivity index (χ4n) is 13.1. The van der Waals surface area contributed by atoms with Crippen molar-refractivity contribution < 1.29 is 42.9 Å². The minimum atomic E-state index is -1.62. The molecule has 0 rings (SSSR count). The number of carbonyl (C=O) groups is 3. The molecule has 0 bridgehead atoms. The number of carboxylic acid groups (broad SMARTS) is 1. The molecule has 2 unspecified atom stereocenters. The normalized spacial score (nSPS) is 12.6. The predicted octanol–water partition coefficient (Wildman–Crippen LogP) is 25.4. The van der Waals surface area contributed by atoms with Crippen LogP contribution in [-0.4, -0.2) is 82.3 Å². The molecule has 0 heterocycles. The molecule has 9 heteroatoms. The van der Waals surface area contributed by atoms with E-state index in [1.165, 1.54) is 385 Å². The Hall–Kier alpha value is -1.97. The number of ether oxygens (including phenoxy) is 4. The van der Waals surface area contributed by atoms with Crippen molar-refractivity contribution in [1.29, 1.82) is 0 Å². The van der Waals surface area contributed by atoms with Crippen LogP contribution in [0.15, 0.2) is 12.2 Å². The lowest BCUT2D eigenvalue weighted by Gasteiger charge is -2.26. The van der Waals surface area contributed by atoms with Gasteiger partial charge in [0.2, 0.25) is 0 Å². The quantitative estimate of drug-likeness (QED) is 0.0195. The summed E-state index contributed by atoms with van der Waals surface area (Å²) in [5.41, 5.74) is 0. The maximum absolute atomic E-state index is 13.0. The van der Waals surface area contributed by atoms with Gasteiger partial charge in [0, 0.05) is 12.8 Å². The summed E-state index contributed by atoms with van der Waals surface area (Å²) in [6, 6.07) is 0. The van der Waals surface area contributed by atoms with E-state index >= 15 is 0 Å². The van der Waals surface area contributed by atoms with Crippen LogP contribution in [0.4, 0.5) is 0 Å². The number of quaternary nitrogens is 1. The Labute approximate surface area is 580 Å². The first-order valence-corrected chi connectivity index (χ1v) is 41.8. The van der Waals surface area contributed by atoms with Crippen LogP contribution in [0.1, 0.15) is 450 Å². The molecule has 2 atom stereocenters. The number of carbonyl (C=O) groups excluding carboxylic acids is 3. The molecular formula is C84H163NO8. The maximum atomic E-state index is 13.0. The van der Waals surface area contributed by atoms with Crippen molar-refractivity contribution >= 4 is 17.9 Å². The zero-order chi connectivity index (χ0) is 67.5. The Kier molecular flexibility index (Phi) is 74.2. The second-order valence-electron chi connectivity index (χ2n) is 30.1. The van der Waals surface area contributed by atoms with Gasteiger partial charge < -0.3 is 33.3 Å². The summed E-state index contributed by atoms with van der Waals surface area (Å²) in [6.07, 6.45) is 92.2. The number of hydrogen-bond donors (Lipinski definition) is 0. The van der Waals surface area contributed by atoms with Gasteiger partial charge in [0.15, 0.2) is 12.4 Å². The number of aliphatic carboxylic acids is 1. The van der Waals surface area contributed by atoms with Crippen molar-refractivity contribution in [3.63, 3.8) is 0 Å². The Balaban J connectivity index is 3.93. The van der Waals surface area contributed by atoms with Crippen LogP contribution in [0.25, 0.3) is 0 Å². The van der Waals surface area contributed by atoms with E-state index in [4.69, 9.17) is 18.9 Å². The first-order valence-electron chi connectivity index (χ1n) is 41.8. The molecule has 0 aliphatic rings. The van der Waals surface area contributed by atoms with Crippen LogP contribution in [0.2, 0.25) is 0 Å². The highest BCUT2D eigenvalue weighted by Crippen LogP contribution is 2.21. The average molecular weight is 1320 g/mol. The summed E-state index contributed by atoms with van der Waals surface area (Å²) in [4.78, 5) is 37.6. The molecule has 0 saturated heterocycles. The molecule has 0 spiro atoms. The summed E-state index contributed by atoms with van der Waals surface area (Å²) >= 11 is 0. The number of unbranched alkanes of at least 4 members (excludes halogenated alkanes) is 63. The van der Waals surface area contributed by atoms with Crippen molar-refractivity contribution in [1.82, 2.24) is 0 Å². The number of carboxylic acids is 1. The van der Waals surface area contributed by atoms with E-state index in [9.17, 15) is 19.5 Å². The van der Waals surface area contributed by atoms with Gasteiger partial charge in [-0.05, 0) is 38.5 Å². The van der Waals surface area contributed by atoms with E-state index in [0.29, 0.717) is 17.4 Å². The van der Waals surface area contributed by atoms with Crippen LogP contribution in [-0.2, 0) is 33.3 Å². The summed E-state index contributed by atoms with van der Waals surface area (Å²) in [6.45, 7) is 4.85. The van der Waals surface area contributed by atoms with E-state index in [0.717, 1.165) is 38.5 Å². The van der Waals surface area contributed by atoms with E-state index in [1.807, 2.05) is 21.1 Å². The van der Waals surface area contributed by atoms with Gasteiger partial charge in [0.25, 0.3) is 0 Å². The monoisotopic (exact) mass is 1310 g/mol. The summed E-state index contributed by atoms with van der Waals surface area (Å²) in [5.74, 6) is -2.24. The Bertz CT molecular complexity index is 1530. The summed E-state index contributed by atoms with van der Waals surface area (Å²) < 4.78 is 22.9. The number of esters is 2. The second-order valence-corrected chi connectivity index (χ2v) is 30.1. The maximum Gasteiger partial charge on any atom is 0.306 e. The van der Waals surface area contributed by atoms with Gasteiger partial charge in [-0.1, -0.05) is 411 Å². The molecule has 0 saturated carbocycles. The van der Waals surface area contributed by atoms with E-state index in [-0.39, 0.29) is 32.2 Å². The molecule has 0 aliphatic carbocycles. The highest BCUT2D eigenvalue weighted by molar-refractivity contribution is 5.70. The van der Waals surface area contributed by atoms with Crippen LogP contribution < -0.4 is 5.11 Å². The minimum absolute atomic E-state index is 0.153. The van der Waals surface area contributed by atoms with Crippen LogP contribution in [0, 0.1) is 0 Å². The lowest BCUT2D eigenvalue weighted by Crippen LogP contribution is -2.44. The zero-order valence-corrected chi connectivity index (χ0v) is 63.4. The molecular weight excluding hydrogens is 1150 g/mol. The fraction of sp³-hybridized carbons (Fsp3) is 0.940. The standard InChI is InChI=1S/C84H163NO8/c1-6-8-10-12-14-16-18-20-22-24-26-28-30-32-34-36-38-40-41-43-44-46-48-50-52-54-56-58-60-62-64-66-68-70-72-74-81(86)91-78-80(79-92-84(83(88)89)90-77-76-85(3,4)5)93-82(87)75-73-71-69-67-65-63-61-59-57-55-53-51-49-47-45-42-39-37-35-33-31-29-27-25-23-21-19-17-15-13-11-9-7-2/h25,27,80,84H,6-24,26,28-79H2,1-5H3/b27-25-. The average Bonchev–Trinajstić information content (AvgIpc) is 3.74. The van der Waals surface area contributed by atoms with Crippen LogP contribution in [0.3, 0.4) is 0 Å². The third-order valence-corrected chi connectivity index (χ3v) is 19.5. The first kappa shape index (κ1) is 91.0. The van der Waals surface area contributed by atoms with Crippen molar-refractivity contribution in [2.75, 3.05) is 47.5 Å². The molecule has 9 nitrogen and oxygen atoms in total. The van der Waals surface area contributed by atoms with E-state index in [2.05, 4.69) is 26.0 Å². The van der Waals surface area contributed by atoms with Gasteiger partial charge in [-0.3, -0.25) is 9.59 Å². The zero-order valence-electron chi connectivity index (χ0n) is 63.4. The number of allylic oxidation sites excluding steroid dienone is 2. The summed E-state index contributed by atoms with van der Waals surface area (Å²) in [7, 11) is 5.96. The number of rotatable bonds is 80. The Morgan fingerprint density at radius 2 is 0.548 bits per heavy atom. The highest BCUT2D eigenvalue weighted by Gasteiger charge is 2.22. The number of nitrogens with zero attached hydrogens (tertiary/aromatic N) is 1. The van der Waals surface area contributed by atoms with Crippen LogP contribution >= 0.6 is 0 Å². The van der Waals surface area contributed by atoms with Gasteiger partial charge in [-0.2, -0.15) is 0 Å². The SMILES string of the molecule is CCCCCCCCCC/C=C\CCCCCCCCCCCCCCCCCCCCCCCC(=O)OC(COC(=O)CCCCCCCCCCCCCCCCCCCCCCCCCCCCCCCCCCCCC)COC(OCC[N+](C)(C)C)C(=O)[O-]. The Morgan fingerprint density at radius 3 is 0.796 bits per heavy atom. The molecule has 0 fully saturated rings. The Morgan fingerprint density at radius 1 is 0.312 bits per heavy atom. The van der Waals surface area contributed by atoms with Crippen molar-refractivity contribution in [2.24, 2.45) is 0 Å². The smallest absolute Gasteiger partial charge is 0.306 e. The molecule has 0 aromatic carbocycles. The molecule has 0 aliphatic heterocycles. The van der Waals surface area contributed by atoms with E-state index < -0.39 is 24.3 Å².